The molecule has 0 aliphatic carbocycles. The van der Waals surface area contributed by atoms with Gasteiger partial charge in [0.2, 0.25) is 0 Å². The van der Waals surface area contributed by atoms with Crippen LogP contribution in [-0.4, -0.2) is 7.11 Å². The van der Waals surface area contributed by atoms with Crippen LogP contribution in [0.2, 0.25) is 0 Å². The van der Waals surface area contributed by atoms with Crippen LogP contribution in [0.1, 0.15) is 39.2 Å². The fourth-order valence-corrected chi connectivity index (χ4v) is 1.71. The maximum atomic E-state index is 6.35. The zero-order chi connectivity index (χ0) is 12.2. The van der Waals surface area contributed by atoms with Crippen LogP contribution in [-0.2, 0) is 5.54 Å². The summed E-state index contributed by atoms with van der Waals surface area (Å²) >= 11 is 0. The Labute approximate surface area is 98.8 Å². The van der Waals surface area contributed by atoms with Crippen LogP contribution in [0.4, 0.5) is 0 Å². The number of hydrogen-bond donors (Lipinski definition) is 1. The van der Waals surface area contributed by atoms with Gasteiger partial charge in [-0.2, -0.15) is 0 Å². The molecule has 90 valence electrons. The molecule has 0 spiro atoms. The molecule has 0 aliphatic heterocycles. The Morgan fingerprint density at radius 2 is 2.06 bits per heavy atom. The van der Waals surface area contributed by atoms with Crippen LogP contribution >= 0.6 is 0 Å². The Morgan fingerprint density at radius 3 is 2.62 bits per heavy atom. The van der Waals surface area contributed by atoms with Gasteiger partial charge in [-0.3, -0.25) is 0 Å². The molecule has 16 heavy (non-hydrogen) atoms. The van der Waals surface area contributed by atoms with E-state index in [0.717, 1.165) is 24.2 Å². The summed E-state index contributed by atoms with van der Waals surface area (Å²) in [6.07, 6.45) is 2.14. The van der Waals surface area contributed by atoms with Crippen molar-refractivity contribution >= 4 is 0 Å². The minimum absolute atomic E-state index is 0.265. The van der Waals surface area contributed by atoms with Gasteiger partial charge in [0.25, 0.3) is 0 Å². The van der Waals surface area contributed by atoms with Crippen molar-refractivity contribution in [2.24, 2.45) is 11.7 Å². The molecule has 1 aromatic rings. The third-order valence-corrected chi connectivity index (χ3v) is 2.97. The van der Waals surface area contributed by atoms with Crippen molar-refractivity contribution in [2.45, 2.75) is 39.2 Å². The molecule has 0 amide bonds. The summed E-state index contributed by atoms with van der Waals surface area (Å²) in [5.41, 5.74) is 7.24. The number of hydrogen-bond acceptors (Lipinski definition) is 2. The van der Waals surface area contributed by atoms with Gasteiger partial charge in [-0.1, -0.05) is 26.0 Å². The van der Waals surface area contributed by atoms with Gasteiger partial charge in [0, 0.05) is 5.54 Å². The van der Waals surface area contributed by atoms with Crippen LogP contribution in [0.3, 0.4) is 0 Å². The maximum Gasteiger partial charge on any atom is 0.119 e. The lowest BCUT2D eigenvalue weighted by Crippen LogP contribution is -2.33. The zero-order valence-electron chi connectivity index (χ0n) is 10.8. The SMILES string of the molecule is COc1cccc(C(C)(N)CCC(C)C)c1. The van der Waals surface area contributed by atoms with E-state index >= 15 is 0 Å². The van der Waals surface area contributed by atoms with Crippen molar-refractivity contribution in [3.63, 3.8) is 0 Å². The topological polar surface area (TPSA) is 35.2 Å². The van der Waals surface area contributed by atoms with Crippen LogP contribution in [0.15, 0.2) is 24.3 Å². The Balaban J connectivity index is 2.79. The van der Waals surface area contributed by atoms with Gasteiger partial charge < -0.3 is 10.5 Å². The molecule has 0 radical (unpaired) electrons. The Bertz CT molecular complexity index is 331. The average Bonchev–Trinajstić information content (AvgIpc) is 2.27. The van der Waals surface area contributed by atoms with Crippen LogP contribution in [0.25, 0.3) is 0 Å². The van der Waals surface area contributed by atoms with E-state index in [0.29, 0.717) is 5.92 Å². The van der Waals surface area contributed by atoms with Gasteiger partial charge >= 0.3 is 0 Å². The Morgan fingerprint density at radius 1 is 1.38 bits per heavy atom. The molecule has 1 rings (SSSR count). The van der Waals surface area contributed by atoms with E-state index in [9.17, 15) is 0 Å². The summed E-state index contributed by atoms with van der Waals surface area (Å²) in [7, 11) is 1.68. The highest BCUT2D eigenvalue weighted by Crippen LogP contribution is 2.27. The number of methoxy groups -OCH3 is 1. The molecule has 0 heterocycles. The third-order valence-electron chi connectivity index (χ3n) is 2.97. The lowest BCUT2D eigenvalue weighted by molar-refractivity contribution is 0.388. The summed E-state index contributed by atoms with van der Waals surface area (Å²) in [6.45, 7) is 6.54. The zero-order valence-corrected chi connectivity index (χ0v) is 10.8. The van der Waals surface area contributed by atoms with E-state index in [1.165, 1.54) is 0 Å². The number of benzene rings is 1. The van der Waals surface area contributed by atoms with E-state index in [1.807, 2.05) is 18.2 Å². The van der Waals surface area contributed by atoms with Crippen molar-refractivity contribution in [3.05, 3.63) is 29.8 Å². The normalized spacial score (nSPS) is 14.9. The summed E-state index contributed by atoms with van der Waals surface area (Å²) in [5.74, 6) is 1.56. The molecule has 2 N–H and O–H groups in total. The number of nitrogens with two attached hydrogens (primary N) is 1. The molecule has 0 aliphatic rings. The minimum atomic E-state index is -0.265. The number of rotatable bonds is 5. The summed E-state index contributed by atoms with van der Waals surface area (Å²) < 4.78 is 5.22. The van der Waals surface area contributed by atoms with E-state index in [2.05, 4.69) is 26.8 Å². The quantitative estimate of drug-likeness (QED) is 0.828. The fraction of sp³-hybridized carbons (Fsp3) is 0.571. The Hall–Kier alpha value is -1.02. The Kier molecular flexibility index (Phi) is 4.36. The first kappa shape index (κ1) is 13.0. The van der Waals surface area contributed by atoms with E-state index in [1.54, 1.807) is 7.11 Å². The second kappa shape index (κ2) is 5.35. The monoisotopic (exact) mass is 221 g/mol. The fourth-order valence-electron chi connectivity index (χ4n) is 1.71. The summed E-state index contributed by atoms with van der Waals surface area (Å²) in [4.78, 5) is 0. The van der Waals surface area contributed by atoms with Crippen molar-refractivity contribution in [1.29, 1.82) is 0 Å². The molecule has 0 aromatic heterocycles. The average molecular weight is 221 g/mol. The minimum Gasteiger partial charge on any atom is -0.497 e. The maximum absolute atomic E-state index is 6.35. The van der Waals surface area contributed by atoms with Gasteiger partial charge in [-0.05, 0) is 43.4 Å². The molecule has 2 nitrogen and oxygen atoms in total. The predicted molar refractivity (Wildman–Crippen MR) is 68.6 cm³/mol. The van der Waals surface area contributed by atoms with Crippen molar-refractivity contribution < 1.29 is 4.74 Å². The summed E-state index contributed by atoms with van der Waals surface area (Å²) in [6, 6.07) is 8.04. The van der Waals surface area contributed by atoms with Crippen molar-refractivity contribution in [2.75, 3.05) is 7.11 Å². The first-order chi connectivity index (χ1) is 7.45. The van der Waals surface area contributed by atoms with Crippen molar-refractivity contribution in [1.82, 2.24) is 0 Å². The molecule has 0 bridgehead atoms. The van der Waals surface area contributed by atoms with E-state index in [4.69, 9.17) is 10.5 Å². The molecule has 0 saturated carbocycles. The van der Waals surface area contributed by atoms with Crippen LogP contribution < -0.4 is 10.5 Å². The lowest BCUT2D eigenvalue weighted by atomic mass is 9.86. The van der Waals surface area contributed by atoms with Gasteiger partial charge in [-0.25, -0.2) is 0 Å². The van der Waals surface area contributed by atoms with Crippen LogP contribution in [0.5, 0.6) is 5.75 Å². The molecule has 0 saturated heterocycles. The molecule has 1 aromatic carbocycles. The highest BCUT2D eigenvalue weighted by molar-refractivity contribution is 5.32. The molecule has 2 heteroatoms. The third kappa shape index (κ3) is 3.53. The lowest BCUT2D eigenvalue weighted by Gasteiger charge is -2.26. The van der Waals surface area contributed by atoms with Crippen molar-refractivity contribution in [3.8, 4) is 5.75 Å². The molecular formula is C14H23NO. The predicted octanol–water partition coefficient (Wildman–Crippen LogP) is 3.31. The second-order valence-corrected chi connectivity index (χ2v) is 5.08. The molecular weight excluding hydrogens is 198 g/mol. The second-order valence-electron chi connectivity index (χ2n) is 5.08. The molecule has 0 fully saturated rings. The largest absolute Gasteiger partial charge is 0.497 e. The van der Waals surface area contributed by atoms with Gasteiger partial charge in [0.15, 0.2) is 0 Å². The first-order valence-corrected chi connectivity index (χ1v) is 5.89. The number of ether oxygens (including phenoxy) is 1. The summed E-state index contributed by atoms with van der Waals surface area (Å²) in [5, 5.41) is 0. The molecule has 1 unspecified atom stereocenters. The van der Waals surface area contributed by atoms with Crippen LogP contribution in [0, 0.1) is 5.92 Å². The molecule has 1 atom stereocenters. The highest BCUT2D eigenvalue weighted by Gasteiger charge is 2.21. The standard InChI is InChI=1S/C14H23NO/c1-11(2)8-9-14(3,15)12-6-5-7-13(10-12)16-4/h5-7,10-11H,8-9,15H2,1-4H3. The smallest absolute Gasteiger partial charge is 0.119 e. The van der Waals surface area contributed by atoms with E-state index in [-0.39, 0.29) is 5.54 Å². The van der Waals surface area contributed by atoms with Gasteiger partial charge in [0.1, 0.15) is 5.75 Å². The van der Waals surface area contributed by atoms with E-state index < -0.39 is 0 Å². The van der Waals surface area contributed by atoms with Gasteiger partial charge in [-0.15, -0.1) is 0 Å². The first-order valence-electron chi connectivity index (χ1n) is 5.89. The highest BCUT2D eigenvalue weighted by atomic mass is 16.5. The van der Waals surface area contributed by atoms with Gasteiger partial charge in [0.05, 0.1) is 7.11 Å².